The van der Waals surface area contributed by atoms with Crippen molar-refractivity contribution in [1.82, 2.24) is 9.97 Å². The first-order valence-corrected chi connectivity index (χ1v) is 7.71. The lowest BCUT2D eigenvalue weighted by Gasteiger charge is -2.18. The standard InChI is InChI=1S/C15H16Cl2N4/c1-10-18-13(9-14(19-10)21-7-2-3-8-21)20-15-11(16)5-4-6-12(15)17/h4-6,9H,2-3,7-8H2,1H3,(H,18,19,20). The number of aromatic nitrogens is 2. The number of aryl methyl sites for hydroxylation is 1. The number of benzene rings is 1. The van der Waals surface area contributed by atoms with Crippen LogP contribution in [-0.2, 0) is 0 Å². The third-order valence-corrected chi connectivity index (χ3v) is 4.10. The molecular formula is C15H16Cl2N4. The second-order valence-electron chi connectivity index (χ2n) is 5.07. The Hall–Kier alpha value is -1.52. The van der Waals surface area contributed by atoms with Crippen molar-refractivity contribution in [3.05, 3.63) is 40.1 Å². The Morgan fingerprint density at radius 1 is 1.10 bits per heavy atom. The average Bonchev–Trinajstić information content (AvgIpc) is 2.97. The molecule has 2 heterocycles. The quantitative estimate of drug-likeness (QED) is 0.907. The summed E-state index contributed by atoms with van der Waals surface area (Å²) in [5.41, 5.74) is 0.673. The van der Waals surface area contributed by atoms with Crippen LogP contribution < -0.4 is 10.2 Å². The molecule has 21 heavy (non-hydrogen) atoms. The van der Waals surface area contributed by atoms with Crippen molar-refractivity contribution in [2.24, 2.45) is 0 Å². The van der Waals surface area contributed by atoms with E-state index in [2.05, 4.69) is 20.2 Å². The number of nitrogens with zero attached hydrogens (tertiary/aromatic N) is 3. The molecule has 2 aromatic rings. The highest BCUT2D eigenvalue weighted by Crippen LogP contribution is 2.32. The molecule has 1 aliphatic heterocycles. The molecule has 110 valence electrons. The van der Waals surface area contributed by atoms with Gasteiger partial charge in [0.05, 0.1) is 15.7 Å². The molecule has 1 fully saturated rings. The Bertz CT molecular complexity index is 634. The first-order chi connectivity index (χ1) is 10.1. The second-order valence-corrected chi connectivity index (χ2v) is 5.89. The van der Waals surface area contributed by atoms with Crippen LogP contribution in [0.2, 0.25) is 10.0 Å². The summed E-state index contributed by atoms with van der Waals surface area (Å²) < 4.78 is 0. The molecule has 3 rings (SSSR count). The smallest absolute Gasteiger partial charge is 0.136 e. The van der Waals surface area contributed by atoms with Crippen molar-refractivity contribution in [2.45, 2.75) is 19.8 Å². The number of nitrogens with one attached hydrogen (secondary N) is 1. The maximum atomic E-state index is 6.19. The van der Waals surface area contributed by atoms with Gasteiger partial charge in [0.2, 0.25) is 0 Å². The van der Waals surface area contributed by atoms with Crippen LogP contribution in [0.4, 0.5) is 17.3 Å². The van der Waals surface area contributed by atoms with E-state index in [0.717, 1.165) is 24.7 Å². The van der Waals surface area contributed by atoms with E-state index < -0.39 is 0 Å². The van der Waals surface area contributed by atoms with Crippen molar-refractivity contribution in [2.75, 3.05) is 23.3 Å². The van der Waals surface area contributed by atoms with E-state index in [4.69, 9.17) is 23.2 Å². The SMILES string of the molecule is Cc1nc(Nc2c(Cl)cccc2Cl)cc(N2CCCC2)n1. The molecule has 0 radical (unpaired) electrons. The molecule has 4 nitrogen and oxygen atoms in total. The van der Waals surface area contributed by atoms with E-state index >= 15 is 0 Å². The molecule has 1 aromatic carbocycles. The summed E-state index contributed by atoms with van der Waals surface area (Å²) in [6, 6.07) is 7.35. The fourth-order valence-electron chi connectivity index (χ4n) is 2.47. The van der Waals surface area contributed by atoms with E-state index in [1.807, 2.05) is 19.1 Å². The molecule has 0 atom stereocenters. The Morgan fingerprint density at radius 3 is 2.43 bits per heavy atom. The van der Waals surface area contributed by atoms with Crippen LogP contribution in [-0.4, -0.2) is 23.1 Å². The molecule has 1 aliphatic rings. The molecule has 0 aliphatic carbocycles. The van der Waals surface area contributed by atoms with Crippen molar-refractivity contribution in [3.8, 4) is 0 Å². The minimum absolute atomic E-state index is 0.571. The normalized spacial score (nSPS) is 14.5. The highest BCUT2D eigenvalue weighted by atomic mass is 35.5. The molecule has 0 saturated carbocycles. The van der Waals surface area contributed by atoms with Crippen LogP contribution >= 0.6 is 23.2 Å². The predicted molar refractivity (Wildman–Crippen MR) is 88.0 cm³/mol. The fraction of sp³-hybridized carbons (Fsp3) is 0.333. The number of para-hydroxylation sites is 1. The van der Waals surface area contributed by atoms with Gasteiger partial charge in [0.1, 0.15) is 17.5 Å². The highest BCUT2D eigenvalue weighted by Gasteiger charge is 2.15. The van der Waals surface area contributed by atoms with Crippen molar-refractivity contribution < 1.29 is 0 Å². The van der Waals surface area contributed by atoms with Gasteiger partial charge in [0.25, 0.3) is 0 Å². The fourth-order valence-corrected chi connectivity index (χ4v) is 2.96. The van der Waals surface area contributed by atoms with Gasteiger partial charge < -0.3 is 10.2 Å². The third kappa shape index (κ3) is 3.22. The number of hydrogen-bond acceptors (Lipinski definition) is 4. The van der Waals surface area contributed by atoms with E-state index in [9.17, 15) is 0 Å². The van der Waals surface area contributed by atoms with Crippen LogP contribution in [0.1, 0.15) is 18.7 Å². The van der Waals surface area contributed by atoms with Gasteiger partial charge >= 0.3 is 0 Å². The van der Waals surface area contributed by atoms with Crippen LogP contribution in [0.5, 0.6) is 0 Å². The Kier molecular flexibility index (Phi) is 4.17. The third-order valence-electron chi connectivity index (χ3n) is 3.47. The minimum Gasteiger partial charge on any atom is -0.356 e. The molecule has 1 saturated heterocycles. The first-order valence-electron chi connectivity index (χ1n) is 6.95. The maximum absolute atomic E-state index is 6.19. The summed E-state index contributed by atoms with van der Waals surface area (Å²) in [7, 11) is 0. The number of rotatable bonds is 3. The lowest BCUT2D eigenvalue weighted by atomic mass is 10.3. The largest absolute Gasteiger partial charge is 0.356 e. The van der Waals surface area contributed by atoms with Gasteiger partial charge in [-0.1, -0.05) is 29.3 Å². The summed E-state index contributed by atoms with van der Waals surface area (Å²) in [4.78, 5) is 11.2. The molecule has 6 heteroatoms. The molecule has 1 N–H and O–H groups in total. The summed E-state index contributed by atoms with van der Waals surface area (Å²) >= 11 is 12.4. The van der Waals surface area contributed by atoms with Gasteiger partial charge in [-0.05, 0) is 31.9 Å². The first kappa shape index (κ1) is 14.4. The minimum atomic E-state index is 0.571. The summed E-state index contributed by atoms with van der Waals surface area (Å²) in [6.07, 6.45) is 2.42. The molecular weight excluding hydrogens is 307 g/mol. The van der Waals surface area contributed by atoms with Gasteiger partial charge in [-0.25, -0.2) is 9.97 Å². The average molecular weight is 323 g/mol. The van der Waals surface area contributed by atoms with Crippen molar-refractivity contribution in [3.63, 3.8) is 0 Å². The zero-order chi connectivity index (χ0) is 14.8. The Labute approximate surface area is 134 Å². The van der Waals surface area contributed by atoms with Gasteiger partial charge in [-0.3, -0.25) is 0 Å². The maximum Gasteiger partial charge on any atom is 0.136 e. The van der Waals surface area contributed by atoms with Gasteiger partial charge in [-0.15, -0.1) is 0 Å². The van der Waals surface area contributed by atoms with Gasteiger partial charge in [0, 0.05) is 19.2 Å². The summed E-state index contributed by atoms with van der Waals surface area (Å²) in [5, 5.41) is 4.35. The van der Waals surface area contributed by atoms with Crippen LogP contribution in [0.15, 0.2) is 24.3 Å². The lowest BCUT2D eigenvalue weighted by Crippen LogP contribution is -2.19. The number of halogens is 2. The monoisotopic (exact) mass is 322 g/mol. The zero-order valence-electron chi connectivity index (χ0n) is 11.7. The lowest BCUT2D eigenvalue weighted by molar-refractivity contribution is 0.912. The van der Waals surface area contributed by atoms with E-state index in [1.54, 1.807) is 12.1 Å². The predicted octanol–water partition coefficient (Wildman–Crippen LogP) is 4.44. The molecule has 0 amide bonds. The number of hydrogen-bond donors (Lipinski definition) is 1. The summed E-state index contributed by atoms with van der Waals surface area (Å²) in [5.74, 6) is 2.38. The topological polar surface area (TPSA) is 41.1 Å². The Morgan fingerprint density at radius 2 is 1.76 bits per heavy atom. The van der Waals surface area contributed by atoms with Crippen molar-refractivity contribution in [1.29, 1.82) is 0 Å². The summed E-state index contributed by atoms with van der Waals surface area (Å²) in [6.45, 7) is 3.98. The van der Waals surface area contributed by atoms with Crippen molar-refractivity contribution >= 4 is 40.5 Å². The van der Waals surface area contributed by atoms with E-state index in [1.165, 1.54) is 12.8 Å². The molecule has 0 bridgehead atoms. The molecule has 1 aromatic heterocycles. The number of anilines is 3. The second kappa shape index (κ2) is 6.08. The van der Waals surface area contributed by atoms with E-state index in [-0.39, 0.29) is 0 Å². The van der Waals surface area contributed by atoms with Gasteiger partial charge in [0.15, 0.2) is 0 Å². The van der Waals surface area contributed by atoms with E-state index in [0.29, 0.717) is 21.6 Å². The zero-order valence-corrected chi connectivity index (χ0v) is 13.2. The van der Waals surface area contributed by atoms with Crippen LogP contribution in [0.25, 0.3) is 0 Å². The van der Waals surface area contributed by atoms with Crippen LogP contribution in [0, 0.1) is 6.92 Å². The van der Waals surface area contributed by atoms with Gasteiger partial charge in [-0.2, -0.15) is 0 Å². The Balaban J connectivity index is 1.91. The molecule has 0 spiro atoms. The molecule has 0 unspecified atom stereocenters. The highest BCUT2D eigenvalue weighted by molar-refractivity contribution is 6.39. The van der Waals surface area contributed by atoms with Crippen LogP contribution in [0.3, 0.4) is 0 Å².